The molecule has 2 aromatic carbocycles. The Kier molecular flexibility index (Phi) is 4.69. The number of carbonyl (C=O) groups excluding carboxylic acids is 1. The normalized spacial score (nSPS) is 14.0. The monoisotopic (exact) mass is 401 g/mol. The Morgan fingerprint density at radius 3 is 2.48 bits per heavy atom. The van der Waals surface area contributed by atoms with Gasteiger partial charge in [0.2, 0.25) is 17.6 Å². The highest BCUT2D eigenvalue weighted by atomic mass is 32.1. The second-order valence-electron chi connectivity index (χ2n) is 7.17. The Labute approximate surface area is 172 Å². The van der Waals surface area contributed by atoms with E-state index in [0.29, 0.717) is 31.2 Å². The molecule has 0 aliphatic carbocycles. The third-order valence-corrected chi connectivity index (χ3v) is 6.05. The average molecular weight is 401 g/mol. The van der Waals surface area contributed by atoms with Crippen LogP contribution in [0.25, 0.3) is 21.8 Å². The zero-order valence-electron chi connectivity index (χ0n) is 15.7. The topological polar surface area (TPSA) is 59.2 Å². The molecule has 1 saturated heterocycles. The van der Waals surface area contributed by atoms with Gasteiger partial charge in [-0.25, -0.2) is 0 Å². The molecular weight excluding hydrogens is 382 g/mol. The van der Waals surface area contributed by atoms with Gasteiger partial charge >= 0.3 is 0 Å². The number of hydrogen-bond donors (Lipinski definition) is 0. The maximum absolute atomic E-state index is 12.6. The first kappa shape index (κ1) is 17.8. The summed E-state index contributed by atoms with van der Waals surface area (Å²) in [6.45, 7) is 1.26. The minimum Gasteiger partial charge on any atom is -0.341 e. The summed E-state index contributed by atoms with van der Waals surface area (Å²) in [6.07, 6.45) is 0.409. The summed E-state index contributed by atoms with van der Waals surface area (Å²) in [6, 6.07) is 22.4. The number of benzene rings is 2. The quantitative estimate of drug-likeness (QED) is 0.489. The van der Waals surface area contributed by atoms with Crippen molar-refractivity contribution < 1.29 is 9.32 Å². The molecule has 29 heavy (non-hydrogen) atoms. The van der Waals surface area contributed by atoms with E-state index in [1.165, 1.54) is 5.56 Å². The number of amides is 1. The molecule has 144 valence electrons. The van der Waals surface area contributed by atoms with E-state index in [0.717, 1.165) is 16.0 Å². The van der Waals surface area contributed by atoms with Crippen LogP contribution in [0.5, 0.6) is 0 Å². The minimum atomic E-state index is 0.126. The lowest BCUT2D eigenvalue weighted by Gasteiger charge is -2.37. The van der Waals surface area contributed by atoms with Crippen LogP contribution >= 0.6 is 11.3 Å². The van der Waals surface area contributed by atoms with Crippen LogP contribution in [0.4, 0.5) is 0 Å². The van der Waals surface area contributed by atoms with Crippen molar-refractivity contribution in [2.45, 2.75) is 12.3 Å². The predicted octanol–water partition coefficient (Wildman–Crippen LogP) is 4.63. The molecule has 3 heterocycles. The first-order valence-electron chi connectivity index (χ1n) is 9.56. The molecule has 0 unspecified atom stereocenters. The van der Waals surface area contributed by atoms with Crippen LogP contribution in [0, 0.1) is 0 Å². The summed E-state index contributed by atoms with van der Waals surface area (Å²) in [5.74, 6) is 1.50. The summed E-state index contributed by atoms with van der Waals surface area (Å²) in [5.41, 5.74) is 3.36. The minimum absolute atomic E-state index is 0.126. The van der Waals surface area contributed by atoms with Gasteiger partial charge in [-0.1, -0.05) is 65.8 Å². The predicted molar refractivity (Wildman–Crippen MR) is 113 cm³/mol. The standard InChI is InChI=1S/C23H19N3O2S/c27-21(13-16-8-10-18(11-9-16)17-5-2-1-3-6-17)26-14-19(15-26)23-24-22(25-28-23)20-7-4-12-29-20/h1-12,19H,13-15H2. The molecule has 0 radical (unpaired) electrons. The van der Waals surface area contributed by atoms with Crippen LogP contribution in [0.1, 0.15) is 17.4 Å². The molecule has 1 aliphatic heterocycles. The van der Waals surface area contributed by atoms with Crippen LogP contribution in [0.3, 0.4) is 0 Å². The summed E-state index contributed by atoms with van der Waals surface area (Å²) < 4.78 is 5.40. The molecule has 0 bridgehead atoms. The van der Waals surface area contributed by atoms with Crippen molar-refractivity contribution in [1.82, 2.24) is 15.0 Å². The molecule has 4 aromatic rings. The fourth-order valence-corrected chi connectivity index (χ4v) is 4.13. The first-order valence-corrected chi connectivity index (χ1v) is 10.4. The largest absolute Gasteiger partial charge is 0.341 e. The second-order valence-corrected chi connectivity index (χ2v) is 8.12. The molecule has 1 fully saturated rings. The Morgan fingerprint density at radius 1 is 1.00 bits per heavy atom. The van der Waals surface area contributed by atoms with E-state index in [1.807, 2.05) is 52.7 Å². The lowest BCUT2D eigenvalue weighted by molar-refractivity contribution is -0.135. The zero-order valence-corrected chi connectivity index (χ0v) is 16.5. The van der Waals surface area contributed by atoms with E-state index in [9.17, 15) is 4.79 Å². The number of aromatic nitrogens is 2. The first-order chi connectivity index (χ1) is 14.3. The maximum atomic E-state index is 12.6. The highest BCUT2D eigenvalue weighted by molar-refractivity contribution is 7.13. The van der Waals surface area contributed by atoms with Gasteiger partial charge in [-0.05, 0) is 28.1 Å². The molecule has 0 atom stereocenters. The van der Waals surface area contributed by atoms with Crippen molar-refractivity contribution in [3.05, 3.63) is 83.6 Å². The van der Waals surface area contributed by atoms with Gasteiger partial charge in [-0.2, -0.15) is 4.98 Å². The lowest BCUT2D eigenvalue weighted by atomic mass is 9.98. The van der Waals surface area contributed by atoms with Crippen LogP contribution in [0.15, 0.2) is 76.6 Å². The Balaban J connectivity index is 1.17. The fourth-order valence-electron chi connectivity index (χ4n) is 3.48. The molecule has 6 heteroatoms. The van der Waals surface area contributed by atoms with Crippen LogP contribution in [-0.2, 0) is 11.2 Å². The number of carbonyl (C=O) groups is 1. The van der Waals surface area contributed by atoms with E-state index in [4.69, 9.17) is 4.52 Å². The van der Waals surface area contributed by atoms with E-state index in [2.05, 4.69) is 34.4 Å². The van der Waals surface area contributed by atoms with Crippen molar-refractivity contribution in [2.24, 2.45) is 0 Å². The van der Waals surface area contributed by atoms with E-state index in [-0.39, 0.29) is 11.8 Å². The van der Waals surface area contributed by atoms with Gasteiger partial charge in [0, 0.05) is 13.1 Å². The van der Waals surface area contributed by atoms with Gasteiger partial charge in [-0.3, -0.25) is 4.79 Å². The second kappa shape index (κ2) is 7.64. The van der Waals surface area contributed by atoms with Crippen LogP contribution in [0.2, 0.25) is 0 Å². The molecule has 0 saturated carbocycles. The van der Waals surface area contributed by atoms with Gasteiger partial charge in [0.05, 0.1) is 17.2 Å². The van der Waals surface area contributed by atoms with Crippen molar-refractivity contribution in [3.63, 3.8) is 0 Å². The van der Waals surface area contributed by atoms with Crippen molar-refractivity contribution >= 4 is 17.2 Å². The van der Waals surface area contributed by atoms with Crippen molar-refractivity contribution in [3.8, 4) is 21.8 Å². The van der Waals surface area contributed by atoms with Crippen LogP contribution < -0.4 is 0 Å². The molecule has 1 amide bonds. The number of thiophene rings is 1. The molecule has 0 spiro atoms. The Hall–Kier alpha value is -3.25. The van der Waals surface area contributed by atoms with Crippen molar-refractivity contribution in [2.75, 3.05) is 13.1 Å². The van der Waals surface area contributed by atoms with E-state index >= 15 is 0 Å². The summed E-state index contributed by atoms with van der Waals surface area (Å²) in [7, 11) is 0. The summed E-state index contributed by atoms with van der Waals surface area (Å²) in [5, 5.41) is 6.04. The smallest absolute Gasteiger partial charge is 0.233 e. The Bertz CT molecular complexity index is 1100. The third kappa shape index (κ3) is 3.71. The van der Waals surface area contributed by atoms with Gasteiger partial charge < -0.3 is 9.42 Å². The van der Waals surface area contributed by atoms with Gasteiger partial charge in [0.15, 0.2) is 0 Å². The summed E-state index contributed by atoms with van der Waals surface area (Å²) >= 11 is 1.58. The van der Waals surface area contributed by atoms with E-state index < -0.39 is 0 Å². The number of rotatable bonds is 5. The van der Waals surface area contributed by atoms with Gasteiger partial charge in [0.25, 0.3) is 0 Å². The molecule has 2 aromatic heterocycles. The number of hydrogen-bond acceptors (Lipinski definition) is 5. The maximum Gasteiger partial charge on any atom is 0.233 e. The molecule has 5 rings (SSSR count). The number of nitrogens with zero attached hydrogens (tertiary/aromatic N) is 3. The van der Waals surface area contributed by atoms with E-state index in [1.54, 1.807) is 11.3 Å². The van der Waals surface area contributed by atoms with Crippen LogP contribution in [-0.4, -0.2) is 34.0 Å². The lowest BCUT2D eigenvalue weighted by Crippen LogP contribution is -2.49. The van der Waals surface area contributed by atoms with Gasteiger partial charge in [-0.15, -0.1) is 11.3 Å². The summed E-state index contributed by atoms with van der Waals surface area (Å²) in [4.78, 5) is 19.9. The third-order valence-electron chi connectivity index (χ3n) is 5.18. The molecular formula is C23H19N3O2S. The number of likely N-dealkylation sites (tertiary alicyclic amines) is 1. The molecule has 1 aliphatic rings. The zero-order chi connectivity index (χ0) is 19.6. The highest BCUT2D eigenvalue weighted by Crippen LogP contribution is 2.29. The SMILES string of the molecule is O=C(Cc1ccc(-c2ccccc2)cc1)N1CC(c2nc(-c3cccs3)no2)C1. The fraction of sp³-hybridized carbons (Fsp3) is 0.174. The Morgan fingerprint density at radius 2 is 1.76 bits per heavy atom. The highest BCUT2D eigenvalue weighted by Gasteiger charge is 2.35. The van der Waals surface area contributed by atoms with Gasteiger partial charge in [0.1, 0.15) is 0 Å². The molecule has 0 N–H and O–H groups in total. The average Bonchev–Trinajstić information content (AvgIpc) is 3.40. The molecule has 5 nitrogen and oxygen atoms in total. The van der Waals surface area contributed by atoms with Crippen molar-refractivity contribution in [1.29, 1.82) is 0 Å².